The van der Waals surface area contributed by atoms with Crippen LogP contribution in [0.4, 0.5) is 11.4 Å². The van der Waals surface area contributed by atoms with E-state index in [-0.39, 0.29) is 10.5 Å². The first kappa shape index (κ1) is 21.9. The molecule has 0 aliphatic carbocycles. The van der Waals surface area contributed by atoms with E-state index < -0.39 is 28.5 Å². The molecule has 3 aromatic rings. The predicted molar refractivity (Wildman–Crippen MR) is 121 cm³/mol. The van der Waals surface area contributed by atoms with Crippen molar-refractivity contribution in [3.63, 3.8) is 0 Å². The summed E-state index contributed by atoms with van der Waals surface area (Å²) in [6, 6.07) is 19.5. The average Bonchev–Trinajstić information content (AvgIpc) is 3.23. The molecule has 0 radical (unpaired) electrons. The summed E-state index contributed by atoms with van der Waals surface area (Å²) in [5.74, 6) is -1.34. The summed E-state index contributed by atoms with van der Waals surface area (Å²) in [4.78, 5) is 24.4. The predicted octanol–water partition coefficient (Wildman–Crippen LogP) is 3.89. The molecular weight excluding hydrogens is 452 g/mol. The number of esters is 1. The maximum absolute atomic E-state index is 13.2. The van der Waals surface area contributed by atoms with Gasteiger partial charge in [0.2, 0.25) is 0 Å². The van der Waals surface area contributed by atoms with Gasteiger partial charge in [0, 0.05) is 17.3 Å². The fraction of sp³-hybridized carbons (Fsp3) is 0.130. The van der Waals surface area contributed by atoms with E-state index in [2.05, 4.69) is 5.32 Å². The lowest BCUT2D eigenvalue weighted by molar-refractivity contribution is -0.119. The number of fused-ring (bicyclic) bond motifs is 1. The minimum absolute atomic E-state index is 0.0213. The molecular formula is C23H19ClN2O5S. The van der Waals surface area contributed by atoms with Crippen LogP contribution in [0.2, 0.25) is 5.02 Å². The number of rotatable bonds is 6. The Labute approximate surface area is 190 Å². The van der Waals surface area contributed by atoms with Crippen molar-refractivity contribution in [3.05, 3.63) is 88.9 Å². The standard InChI is InChI=1S/C23H19ClN2O5S/c24-18-7-4-8-19(14-18)25-22(27)15-31-23(28)17-6-3-9-20(13-17)32(29,30)26-12-11-16-5-1-2-10-21(16)26/h1-10,13-14H,11-12,15H2,(H,25,27). The fourth-order valence-corrected chi connectivity index (χ4v) is 5.19. The van der Waals surface area contributed by atoms with Crippen molar-refractivity contribution in [1.82, 2.24) is 0 Å². The first-order chi connectivity index (χ1) is 15.3. The molecule has 164 valence electrons. The summed E-state index contributed by atoms with van der Waals surface area (Å²) >= 11 is 5.87. The van der Waals surface area contributed by atoms with Gasteiger partial charge in [-0.05, 0) is 54.4 Å². The molecule has 1 N–H and O–H groups in total. The zero-order chi connectivity index (χ0) is 22.7. The molecule has 3 aromatic carbocycles. The van der Waals surface area contributed by atoms with Gasteiger partial charge in [-0.3, -0.25) is 9.10 Å². The summed E-state index contributed by atoms with van der Waals surface area (Å²) in [5.41, 5.74) is 2.10. The minimum atomic E-state index is -3.85. The number of anilines is 2. The fourth-order valence-electron chi connectivity index (χ4n) is 3.45. The van der Waals surface area contributed by atoms with Crippen LogP contribution in [-0.2, 0) is 26.0 Å². The van der Waals surface area contributed by atoms with E-state index in [0.29, 0.717) is 29.4 Å². The highest BCUT2D eigenvalue weighted by molar-refractivity contribution is 7.92. The van der Waals surface area contributed by atoms with Gasteiger partial charge in [-0.1, -0.05) is 41.9 Å². The van der Waals surface area contributed by atoms with Gasteiger partial charge in [0.1, 0.15) is 0 Å². The topological polar surface area (TPSA) is 92.8 Å². The third-order valence-electron chi connectivity index (χ3n) is 4.95. The summed E-state index contributed by atoms with van der Waals surface area (Å²) < 4.78 is 32.7. The van der Waals surface area contributed by atoms with Crippen LogP contribution in [0.3, 0.4) is 0 Å². The van der Waals surface area contributed by atoms with Crippen molar-refractivity contribution in [3.8, 4) is 0 Å². The molecule has 0 atom stereocenters. The summed E-state index contributed by atoms with van der Waals surface area (Å²) in [6.07, 6.45) is 0.624. The van der Waals surface area contributed by atoms with Gasteiger partial charge < -0.3 is 10.1 Å². The number of amides is 1. The zero-order valence-electron chi connectivity index (χ0n) is 16.8. The molecule has 4 rings (SSSR count). The molecule has 9 heteroatoms. The highest BCUT2D eigenvalue weighted by Gasteiger charge is 2.31. The molecule has 1 heterocycles. The van der Waals surface area contributed by atoms with Crippen LogP contribution in [0.25, 0.3) is 0 Å². The van der Waals surface area contributed by atoms with Crippen molar-refractivity contribution in [1.29, 1.82) is 0 Å². The Morgan fingerprint density at radius 3 is 2.59 bits per heavy atom. The van der Waals surface area contributed by atoms with Gasteiger partial charge in [-0.15, -0.1) is 0 Å². The number of benzene rings is 3. The molecule has 1 aliphatic rings. The van der Waals surface area contributed by atoms with Crippen molar-refractivity contribution < 1.29 is 22.7 Å². The number of carbonyl (C=O) groups is 2. The van der Waals surface area contributed by atoms with Crippen LogP contribution in [-0.4, -0.2) is 33.4 Å². The number of nitrogens with one attached hydrogen (secondary N) is 1. The molecule has 0 unspecified atom stereocenters. The zero-order valence-corrected chi connectivity index (χ0v) is 18.4. The second-order valence-corrected chi connectivity index (χ2v) is 9.42. The van der Waals surface area contributed by atoms with Crippen LogP contribution in [0, 0.1) is 0 Å². The summed E-state index contributed by atoms with van der Waals surface area (Å²) in [7, 11) is -3.85. The third-order valence-corrected chi connectivity index (χ3v) is 6.99. The minimum Gasteiger partial charge on any atom is -0.452 e. The first-order valence-corrected chi connectivity index (χ1v) is 11.6. The van der Waals surface area contributed by atoms with Crippen LogP contribution >= 0.6 is 11.6 Å². The summed E-state index contributed by atoms with van der Waals surface area (Å²) in [5, 5.41) is 3.03. The quantitative estimate of drug-likeness (QED) is 0.552. The van der Waals surface area contributed by atoms with Gasteiger partial charge in [0.05, 0.1) is 16.1 Å². The van der Waals surface area contributed by atoms with Crippen LogP contribution in [0.5, 0.6) is 0 Å². The van der Waals surface area contributed by atoms with E-state index >= 15 is 0 Å². The van der Waals surface area contributed by atoms with E-state index in [1.54, 1.807) is 36.4 Å². The van der Waals surface area contributed by atoms with Gasteiger partial charge in [0.15, 0.2) is 6.61 Å². The van der Waals surface area contributed by atoms with Gasteiger partial charge >= 0.3 is 5.97 Å². The molecule has 7 nitrogen and oxygen atoms in total. The molecule has 1 aliphatic heterocycles. The van der Waals surface area contributed by atoms with Crippen molar-refractivity contribution >= 4 is 44.9 Å². The van der Waals surface area contributed by atoms with E-state index in [9.17, 15) is 18.0 Å². The Bertz CT molecular complexity index is 1290. The average molecular weight is 471 g/mol. The van der Waals surface area contributed by atoms with Crippen LogP contribution in [0.15, 0.2) is 77.7 Å². The molecule has 0 bridgehead atoms. The first-order valence-electron chi connectivity index (χ1n) is 9.78. The Hall–Kier alpha value is -3.36. The number of carbonyl (C=O) groups excluding carboxylic acids is 2. The highest BCUT2D eigenvalue weighted by Crippen LogP contribution is 2.32. The molecule has 32 heavy (non-hydrogen) atoms. The van der Waals surface area contributed by atoms with Gasteiger partial charge in [-0.2, -0.15) is 0 Å². The van der Waals surface area contributed by atoms with Gasteiger partial charge in [0.25, 0.3) is 15.9 Å². The normalized spacial score (nSPS) is 12.8. The van der Waals surface area contributed by atoms with E-state index in [0.717, 1.165) is 5.56 Å². The van der Waals surface area contributed by atoms with Crippen molar-refractivity contribution in [2.75, 3.05) is 22.8 Å². The SMILES string of the molecule is O=C(COC(=O)c1cccc(S(=O)(=O)N2CCc3ccccc32)c1)Nc1cccc(Cl)c1. The van der Waals surface area contributed by atoms with Crippen LogP contribution < -0.4 is 9.62 Å². The number of ether oxygens (including phenoxy) is 1. The Morgan fingerprint density at radius 1 is 1.00 bits per heavy atom. The number of para-hydroxylation sites is 1. The van der Waals surface area contributed by atoms with E-state index in [1.165, 1.54) is 28.6 Å². The van der Waals surface area contributed by atoms with E-state index in [4.69, 9.17) is 16.3 Å². The Kier molecular flexibility index (Phi) is 6.16. The molecule has 0 saturated heterocycles. The van der Waals surface area contributed by atoms with Crippen molar-refractivity contribution in [2.45, 2.75) is 11.3 Å². The number of nitrogens with zero attached hydrogens (tertiary/aromatic N) is 1. The number of halogens is 1. The molecule has 0 saturated carbocycles. The van der Waals surface area contributed by atoms with Crippen LogP contribution in [0.1, 0.15) is 15.9 Å². The molecule has 0 spiro atoms. The lowest BCUT2D eigenvalue weighted by atomic mass is 10.2. The number of sulfonamides is 1. The highest BCUT2D eigenvalue weighted by atomic mass is 35.5. The largest absolute Gasteiger partial charge is 0.452 e. The maximum Gasteiger partial charge on any atom is 0.338 e. The number of hydrogen-bond donors (Lipinski definition) is 1. The number of hydrogen-bond acceptors (Lipinski definition) is 5. The smallest absolute Gasteiger partial charge is 0.338 e. The monoisotopic (exact) mass is 470 g/mol. The van der Waals surface area contributed by atoms with Crippen molar-refractivity contribution in [2.24, 2.45) is 0 Å². The van der Waals surface area contributed by atoms with Gasteiger partial charge in [-0.25, -0.2) is 13.2 Å². The van der Waals surface area contributed by atoms with E-state index in [1.807, 2.05) is 12.1 Å². The maximum atomic E-state index is 13.2. The second kappa shape index (κ2) is 9.02. The molecule has 1 amide bonds. The second-order valence-electron chi connectivity index (χ2n) is 7.12. The summed E-state index contributed by atoms with van der Waals surface area (Å²) in [6.45, 7) is -0.193. The molecule has 0 aromatic heterocycles. The molecule has 0 fully saturated rings. The Balaban J connectivity index is 1.44. The lowest BCUT2D eigenvalue weighted by Gasteiger charge is -2.19. The Morgan fingerprint density at radius 2 is 1.78 bits per heavy atom. The third kappa shape index (κ3) is 4.61. The lowest BCUT2D eigenvalue weighted by Crippen LogP contribution is -2.29.